The Bertz CT molecular complexity index is 1720. The number of hydrogen-bond donors (Lipinski definition) is 1. The van der Waals surface area contributed by atoms with Crippen LogP contribution in [0, 0.1) is 17.0 Å². The van der Waals surface area contributed by atoms with Crippen LogP contribution >= 0.6 is 15.9 Å². The summed E-state index contributed by atoms with van der Waals surface area (Å²) in [6, 6.07) is 18.8. The average molecular weight is 574 g/mol. The number of furan rings is 1. The van der Waals surface area contributed by atoms with Crippen molar-refractivity contribution in [2.75, 3.05) is 12.4 Å². The van der Waals surface area contributed by atoms with Gasteiger partial charge in [-0.05, 0) is 89.1 Å². The summed E-state index contributed by atoms with van der Waals surface area (Å²) in [4.78, 5) is 27.6. The number of anilines is 1. The van der Waals surface area contributed by atoms with Gasteiger partial charge in [0, 0.05) is 35.0 Å². The van der Waals surface area contributed by atoms with Crippen molar-refractivity contribution in [1.82, 2.24) is 4.98 Å². The Morgan fingerprint density at radius 1 is 1.08 bits per heavy atom. The van der Waals surface area contributed by atoms with Crippen molar-refractivity contribution < 1.29 is 23.3 Å². The van der Waals surface area contributed by atoms with Gasteiger partial charge in [-0.1, -0.05) is 0 Å². The van der Waals surface area contributed by atoms with E-state index in [2.05, 4.69) is 26.2 Å². The van der Waals surface area contributed by atoms with Crippen LogP contribution in [0.15, 0.2) is 86.1 Å². The SMILES string of the molecule is COc1ccc(-c2nc3cc(NC(=O)/C=C/c4ccc(-c5ccc([N+](=O)[O-])cc5C)o4)ccc3o2)cc1Br. The molecule has 0 bridgehead atoms. The zero-order valence-electron chi connectivity index (χ0n) is 20.2. The summed E-state index contributed by atoms with van der Waals surface area (Å²) in [5, 5.41) is 13.8. The van der Waals surface area contributed by atoms with Crippen LogP contribution in [0.4, 0.5) is 11.4 Å². The third kappa shape index (κ3) is 5.21. The molecule has 3 aromatic carbocycles. The van der Waals surface area contributed by atoms with Crippen molar-refractivity contribution >= 4 is 50.4 Å². The molecular weight excluding hydrogens is 554 g/mol. The smallest absolute Gasteiger partial charge is 0.269 e. The summed E-state index contributed by atoms with van der Waals surface area (Å²) in [6.45, 7) is 1.78. The molecule has 5 rings (SSSR count). The number of oxazole rings is 1. The maximum atomic E-state index is 12.5. The molecular formula is C28H20BrN3O6. The fourth-order valence-electron chi connectivity index (χ4n) is 3.89. The largest absolute Gasteiger partial charge is 0.496 e. The highest BCUT2D eigenvalue weighted by molar-refractivity contribution is 9.10. The van der Waals surface area contributed by atoms with Gasteiger partial charge in [0.25, 0.3) is 5.69 Å². The van der Waals surface area contributed by atoms with Gasteiger partial charge < -0.3 is 18.9 Å². The van der Waals surface area contributed by atoms with Crippen LogP contribution in [0.1, 0.15) is 11.3 Å². The lowest BCUT2D eigenvalue weighted by molar-refractivity contribution is -0.384. The minimum atomic E-state index is -0.439. The fraction of sp³-hybridized carbons (Fsp3) is 0.0714. The molecule has 9 nitrogen and oxygen atoms in total. The number of amides is 1. The number of benzene rings is 3. The summed E-state index contributed by atoms with van der Waals surface area (Å²) >= 11 is 3.46. The second-order valence-corrected chi connectivity index (χ2v) is 9.19. The first-order valence-corrected chi connectivity index (χ1v) is 12.2. The molecule has 0 unspecified atom stereocenters. The van der Waals surface area contributed by atoms with Crippen LogP contribution in [0.5, 0.6) is 5.75 Å². The number of nitrogens with one attached hydrogen (secondary N) is 1. The van der Waals surface area contributed by atoms with E-state index in [4.69, 9.17) is 13.6 Å². The molecule has 0 aliphatic rings. The first-order valence-electron chi connectivity index (χ1n) is 11.4. The van der Waals surface area contributed by atoms with Gasteiger partial charge >= 0.3 is 0 Å². The van der Waals surface area contributed by atoms with Crippen LogP contribution in [-0.2, 0) is 4.79 Å². The number of hydrogen-bond acceptors (Lipinski definition) is 7. The fourth-order valence-corrected chi connectivity index (χ4v) is 4.44. The van der Waals surface area contributed by atoms with Crippen molar-refractivity contribution in [3.8, 4) is 28.5 Å². The Morgan fingerprint density at radius 3 is 2.66 bits per heavy atom. The van der Waals surface area contributed by atoms with Gasteiger partial charge in [-0.15, -0.1) is 0 Å². The number of ether oxygens (including phenoxy) is 1. The maximum Gasteiger partial charge on any atom is 0.269 e. The van der Waals surface area contributed by atoms with Crippen molar-refractivity contribution in [2.45, 2.75) is 6.92 Å². The molecule has 0 saturated carbocycles. The number of fused-ring (bicyclic) bond motifs is 1. The molecule has 0 fully saturated rings. The van der Waals surface area contributed by atoms with Crippen LogP contribution < -0.4 is 10.1 Å². The molecule has 38 heavy (non-hydrogen) atoms. The molecule has 0 atom stereocenters. The van der Waals surface area contributed by atoms with Gasteiger partial charge in [0.1, 0.15) is 22.8 Å². The summed E-state index contributed by atoms with van der Waals surface area (Å²) in [5.41, 5.74) is 4.00. The molecule has 0 saturated heterocycles. The monoisotopic (exact) mass is 573 g/mol. The zero-order chi connectivity index (χ0) is 26.8. The quantitative estimate of drug-likeness (QED) is 0.122. The van der Waals surface area contributed by atoms with E-state index < -0.39 is 4.92 Å². The van der Waals surface area contributed by atoms with E-state index in [0.717, 1.165) is 15.6 Å². The van der Waals surface area contributed by atoms with E-state index in [1.807, 2.05) is 18.2 Å². The standard InChI is InChI=1S/C28H20BrN3O6/c1-16-13-19(32(34)35)5-8-21(16)24-11-6-20(37-24)7-12-27(33)30-18-4-10-26-23(15-18)31-28(38-26)17-3-9-25(36-2)22(29)14-17/h3-15H,1-2H3,(H,30,33)/b12-7+. The van der Waals surface area contributed by atoms with E-state index in [9.17, 15) is 14.9 Å². The Labute approximate surface area is 225 Å². The van der Waals surface area contributed by atoms with Gasteiger partial charge in [-0.25, -0.2) is 4.98 Å². The number of nitro groups is 1. The number of rotatable bonds is 7. The van der Waals surface area contributed by atoms with Crippen molar-refractivity contribution in [1.29, 1.82) is 0 Å². The van der Waals surface area contributed by atoms with Crippen LogP contribution in [0.25, 0.3) is 40.0 Å². The highest BCUT2D eigenvalue weighted by Gasteiger charge is 2.13. The summed E-state index contributed by atoms with van der Waals surface area (Å²) in [6.07, 6.45) is 2.91. The molecule has 0 radical (unpaired) electrons. The molecule has 5 aromatic rings. The minimum absolute atomic E-state index is 0.0171. The third-order valence-electron chi connectivity index (χ3n) is 5.77. The molecule has 2 aromatic heterocycles. The lowest BCUT2D eigenvalue weighted by atomic mass is 10.1. The topological polar surface area (TPSA) is 121 Å². The number of non-ortho nitro benzene ring substituents is 1. The number of carbonyl (C=O) groups excluding carboxylic acids is 1. The van der Waals surface area contributed by atoms with E-state index >= 15 is 0 Å². The van der Waals surface area contributed by atoms with Gasteiger partial charge in [-0.3, -0.25) is 14.9 Å². The van der Waals surface area contributed by atoms with E-state index in [-0.39, 0.29) is 11.6 Å². The number of nitro benzene ring substituents is 1. The first-order chi connectivity index (χ1) is 18.3. The Hall–Kier alpha value is -4.70. The second kappa shape index (κ2) is 10.3. The Morgan fingerprint density at radius 2 is 1.92 bits per heavy atom. The predicted molar refractivity (Wildman–Crippen MR) is 147 cm³/mol. The molecule has 0 aliphatic heterocycles. The number of carbonyl (C=O) groups is 1. The summed E-state index contributed by atoms with van der Waals surface area (Å²) < 4.78 is 17.7. The second-order valence-electron chi connectivity index (χ2n) is 8.33. The summed E-state index contributed by atoms with van der Waals surface area (Å²) in [5.74, 6) is 1.82. The lowest BCUT2D eigenvalue weighted by Gasteiger charge is -2.03. The van der Waals surface area contributed by atoms with E-state index in [1.165, 1.54) is 18.2 Å². The summed E-state index contributed by atoms with van der Waals surface area (Å²) in [7, 11) is 1.60. The normalized spacial score (nSPS) is 11.2. The number of aromatic nitrogens is 1. The molecule has 190 valence electrons. The maximum absolute atomic E-state index is 12.5. The van der Waals surface area contributed by atoms with Crippen LogP contribution in [0.2, 0.25) is 0 Å². The van der Waals surface area contributed by atoms with E-state index in [0.29, 0.717) is 45.5 Å². The van der Waals surface area contributed by atoms with Crippen molar-refractivity contribution in [2.24, 2.45) is 0 Å². The average Bonchev–Trinajstić information content (AvgIpc) is 3.54. The van der Waals surface area contributed by atoms with Crippen LogP contribution in [0.3, 0.4) is 0 Å². The first kappa shape index (κ1) is 25.0. The molecule has 1 amide bonds. The highest BCUT2D eigenvalue weighted by atomic mass is 79.9. The Balaban J connectivity index is 1.27. The molecule has 10 heteroatoms. The number of nitrogens with zero attached hydrogens (tertiary/aromatic N) is 2. The lowest BCUT2D eigenvalue weighted by Crippen LogP contribution is -2.07. The highest BCUT2D eigenvalue weighted by Crippen LogP contribution is 2.32. The van der Waals surface area contributed by atoms with Gasteiger partial charge in [0.2, 0.25) is 11.8 Å². The van der Waals surface area contributed by atoms with Gasteiger partial charge in [0.05, 0.1) is 16.5 Å². The number of halogens is 1. The van der Waals surface area contributed by atoms with E-state index in [1.54, 1.807) is 56.5 Å². The predicted octanol–water partition coefficient (Wildman–Crippen LogP) is 7.39. The minimum Gasteiger partial charge on any atom is -0.496 e. The molecule has 0 spiro atoms. The number of aryl methyl sites for hydroxylation is 1. The Kier molecular flexibility index (Phi) is 6.80. The number of methoxy groups -OCH3 is 1. The van der Waals surface area contributed by atoms with Crippen LogP contribution in [-0.4, -0.2) is 22.9 Å². The molecule has 1 N–H and O–H groups in total. The van der Waals surface area contributed by atoms with Gasteiger partial charge in [0.15, 0.2) is 5.58 Å². The third-order valence-corrected chi connectivity index (χ3v) is 6.39. The molecule has 0 aliphatic carbocycles. The van der Waals surface area contributed by atoms with Crippen molar-refractivity contribution in [3.63, 3.8) is 0 Å². The van der Waals surface area contributed by atoms with Crippen molar-refractivity contribution in [3.05, 3.63) is 98.7 Å². The zero-order valence-corrected chi connectivity index (χ0v) is 21.8. The van der Waals surface area contributed by atoms with Gasteiger partial charge in [-0.2, -0.15) is 0 Å². The molecule has 2 heterocycles.